The van der Waals surface area contributed by atoms with Crippen molar-refractivity contribution in [3.05, 3.63) is 54.6 Å². The van der Waals surface area contributed by atoms with E-state index in [1.807, 2.05) is 48.7 Å². The van der Waals surface area contributed by atoms with E-state index in [4.69, 9.17) is 11.2 Å². The predicted octanol–water partition coefficient (Wildman–Crippen LogP) is 2.65. The Morgan fingerprint density at radius 2 is 1.50 bits per heavy atom. The molecule has 18 heavy (non-hydrogen) atoms. The first-order chi connectivity index (χ1) is 8.66. The van der Waals surface area contributed by atoms with Crippen LogP contribution in [0.1, 0.15) is 0 Å². The monoisotopic (exact) mass is 313 g/mol. The summed E-state index contributed by atoms with van der Waals surface area (Å²) in [6.07, 6.45) is 1.82. The van der Waals surface area contributed by atoms with Gasteiger partial charge in [0.2, 0.25) is 0 Å². The molecule has 5 heteroatoms. The van der Waals surface area contributed by atoms with Crippen molar-refractivity contribution >= 4 is 41.3 Å². The summed E-state index contributed by atoms with van der Waals surface area (Å²) >= 11 is 6.21. The van der Waals surface area contributed by atoms with E-state index in [0.717, 1.165) is 4.90 Å². The van der Waals surface area contributed by atoms with Crippen molar-refractivity contribution in [3.63, 3.8) is 0 Å². The maximum absolute atomic E-state index is 11.8. The molecular formula is C13H13OS4+. The fourth-order valence-electron chi connectivity index (χ4n) is 1.42. The second-order valence-corrected chi connectivity index (χ2v) is 11.1. The van der Waals surface area contributed by atoms with Gasteiger partial charge in [-0.05, 0) is 62.3 Å². The van der Waals surface area contributed by atoms with Crippen LogP contribution in [0.3, 0.4) is 0 Å². The molecule has 0 N–H and O–H groups in total. The molecule has 0 saturated carbocycles. The molecule has 0 saturated heterocycles. The molecule has 0 heterocycles. The van der Waals surface area contributed by atoms with Crippen molar-refractivity contribution in [3.8, 4) is 0 Å². The van der Waals surface area contributed by atoms with Crippen LogP contribution < -0.4 is 0 Å². The molecule has 2 atom stereocenters. The van der Waals surface area contributed by atoms with Crippen LogP contribution in [0.5, 0.6) is 0 Å². The van der Waals surface area contributed by atoms with E-state index < -0.39 is 18.3 Å². The van der Waals surface area contributed by atoms with Crippen molar-refractivity contribution in [2.24, 2.45) is 0 Å². The number of rotatable bonds is 4. The molecular weight excluding hydrogens is 300 g/mol. The van der Waals surface area contributed by atoms with Crippen LogP contribution >= 0.6 is 0 Å². The van der Waals surface area contributed by atoms with E-state index in [9.17, 15) is 4.21 Å². The molecule has 2 unspecified atom stereocenters. The molecule has 2 aromatic carbocycles. The molecule has 0 bridgehead atoms. The SMILES string of the molecule is CS(=S)S(=O)c1ccc([SH+]c2ccccc2)cc1. The second-order valence-electron chi connectivity index (χ2n) is 3.58. The Bertz CT molecular complexity index is 563. The average Bonchev–Trinajstić information content (AvgIpc) is 2.40. The van der Waals surface area contributed by atoms with Crippen LogP contribution in [-0.2, 0) is 41.3 Å². The normalized spacial score (nSPS) is 14.1. The van der Waals surface area contributed by atoms with Crippen molar-refractivity contribution in [1.29, 1.82) is 0 Å². The van der Waals surface area contributed by atoms with Crippen LogP contribution in [0.4, 0.5) is 0 Å². The fourth-order valence-corrected chi connectivity index (χ4v) is 4.82. The molecule has 0 aliphatic heterocycles. The van der Waals surface area contributed by atoms with Gasteiger partial charge in [0.25, 0.3) is 0 Å². The zero-order valence-electron chi connectivity index (χ0n) is 9.78. The molecule has 0 amide bonds. The summed E-state index contributed by atoms with van der Waals surface area (Å²) in [5.74, 6) is 0. The van der Waals surface area contributed by atoms with Gasteiger partial charge in [-0.1, -0.05) is 18.2 Å². The Balaban J connectivity index is 2.13. The summed E-state index contributed by atoms with van der Waals surface area (Å²) in [5, 5.41) is 0. The van der Waals surface area contributed by atoms with Gasteiger partial charge in [-0.15, -0.1) is 0 Å². The maximum atomic E-state index is 11.8. The standard InChI is InChI=1S/C13H12OS4/c1-17(15)18(14)13-9-7-12(8-10-13)16-11-5-3-2-4-6-11/h2-10H,1H3/p+1. The van der Waals surface area contributed by atoms with Gasteiger partial charge in [0.05, 0.1) is 4.90 Å². The molecule has 0 aliphatic carbocycles. The second kappa shape index (κ2) is 6.61. The predicted molar refractivity (Wildman–Crippen MR) is 85.2 cm³/mol. The number of benzene rings is 2. The minimum absolute atomic E-state index is 0.503. The summed E-state index contributed by atoms with van der Waals surface area (Å²) in [6, 6.07) is 18.1. The lowest BCUT2D eigenvalue weighted by Gasteiger charge is -1.99. The first-order valence-electron chi connectivity index (χ1n) is 5.29. The minimum atomic E-state index is -1.05. The van der Waals surface area contributed by atoms with Crippen molar-refractivity contribution in [1.82, 2.24) is 0 Å². The third-order valence-electron chi connectivity index (χ3n) is 2.26. The van der Waals surface area contributed by atoms with Gasteiger partial charge >= 0.3 is 0 Å². The summed E-state index contributed by atoms with van der Waals surface area (Å²) in [5.41, 5.74) is 0. The Morgan fingerprint density at radius 1 is 0.944 bits per heavy atom. The van der Waals surface area contributed by atoms with E-state index in [2.05, 4.69) is 12.1 Å². The third kappa shape index (κ3) is 3.75. The fraction of sp³-hybridized carbons (Fsp3) is 0.0769. The molecule has 94 valence electrons. The summed E-state index contributed by atoms with van der Waals surface area (Å²) < 4.78 is 11.8. The molecule has 0 fully saturated rings. The summed E-state index contributed by atoms with van der Waals surface area (Å²) in [6.45, 7) is 0. The highest BCUT2D eigenvalue weighted by atomic mass is 33.3. The van der Waals surface area contributed by atoms with Crippen molar-refractivity contribution < 1.29 is 4.21 Å². The Kier molecular flexibility index (Phi) is 5.12. The van der Waals surface area contributed by atoms with E-state index in [0.29, 0.717) is 0 Å². The van der Waals surface area contributed by atoms with E-state index in [-0.39, 0.29) is 0 Å². The van der Waals surface area contributed by atoms with Crippen molar-refractivity contribution in [2.45, 2.75) is 14.7 Å². The molecule has 0 aliphatic rings. The van der Waals surface area contributed by atoms with Crippen LogP contribution in [-0.4, -0.2) is 10.5 Å². The number of thiol groups is 1. The van der Waals surface area contributed by atoms with Crippen LogP contribution in [0.15, 0.2) is 69.3 Å². The lowest BCUT2D eigenvalue weighted by atomic mass is 10.4. The highest BCUT2D eigenvalue weighted by Crippen LogP contribution is 2.15. The highest BCUT2D eigenvalue weighted by molar-refractivity contribution is 8.76. The van der Waals surface area contributed by atoms with Crippen LogP contribution in [0, 0.1) is 0 Å². The van der Waals surface area contributed by atoms with Gasteiger partial charge in [-0.2, -0.15) is 0 Å². The molecule has 2 aromatic rings. The van der Waals surface area contributed by atoms with Gasteiger partial charge in [0.15, 0.2) is 9.79 Å². The highest BCUT2D eigenvalue weighted by Gasteiger charge is 2.09. The van der Waals surface area contributed by atoms with Gasteiger partial charge in [-0.3, -0.25) is 0 Å². The van der Waals surface area contributed by atoms with Gasteiger partial charge in [-0.25, -0.2) is 4.21 Å². The first-order valence-corrected chi connectivity index (χ1v) is 10.4. The maximum Gasteiger partial charge on any atom is 0.158 e. The molecule has 2 rings (SSSR count). The van der Waals surface area contributed by atoms with Gasteiger partial charge in [0, 0.05) is 11.8 Å². The van der Waals surface area contributed by atoms with Gasteiger partial charge in [0.1, 0.15) is 9.83 Å². The minimum Gasteiger partial charge on any atom is -0.242 e. The Labute approximate surface area is 120 Å². The average molecular weight is 314 g/mol. The van der Waals surface area contributed by atoms with E-state index in [1.54, 1.807) is 0 Å². The zero-order chi connectivity index (χ0) is 13.0. The first kappa shape index (κ1) is 13.9. The number of hydrogen-bond donors (Lipinski definition) is 0. The van der Waals surface area contributed by atoms with E-state index >= 15 is 0 Å². The zero-order valence-corrected chi connectivity index (χ0v) is 13.1. The summed E-state index contributed by atoms with van der Waals surface area (Å²) in [7, 11) is -1.55. The summed E-state index contributed by atoms with van der Waals surface area (Å²) in [4.78, 5) is 3.27. The van der Waals surface area contributed by atoms with Crippen LogP contribution in [0.25, 0.3) is 0 Å². The Morgan fingerprint density at radius 3 is 2.06 bits per heavy atom. The molecule has 0 radical (unpaired) electrons. The Hall–Kier alpha value is -0.490. The smallest absolute Gasteiger partial charge is 0.158 e. The molecule has 1 nitrogen and oxygen atoms in total. The molecule has 0 spiro atoms. The quantitative estimate of drug-likeness (QED) is 0.490. The lowest BCUT2D eigenvalue weighted by molar-refractivity contribution is 0.691. The molecule has 0 aromatic heterocycles. The lowest BCUT2D eigenvalue weighted by Crippen LogP contribution is -1.96. The largest absolute Gasteiger partial charge is 0.242 e. The van der Waals surface area contributed by atoms with E-state index in [1.165, 1.54) is 21.6 Å². The third-order valence-corrected chi connectivity index (χ3v) is 7.42. The van der Waals surface area contributed by atoms with Crippen LogP contribution in [0.2, 0.25) is 0 Å². The number of hydrogen-bond acceptors (Lipinski definition) is 2. The van der Waals surface area contributed by atoms with Crippen molar-refractivity contribution in [2.75, 3.05) is 6.26 Å². The topological polar surface area (TPSA) is 17.1 Å². The van der Waals surface area contributed by atoms with Gasteiger partial charge < -0.3 is 0 Å².